The molecule has 0 N–H and O–H groups in total. The zero-order valence-electron chi connectivity index (χ0n) is 15.7. The summed E-state index contributed by atoms with van der Waals surface area (Å²) in [4.78, 5) is 29.9. The second kappa shape index (κ2) is 7.68. The van der Waals surface area contributed by atoms with Gasteiger partial charge in [-0.2, -0.15) is 0 Å². The van der Waals surface area contributed by atoms with Crippen molar-refractivity contribution < 1.29 is 14.3 Å². The van der Waals surface area contributed by atoms with E-state index in [0.29, 0.717) is 33.2 Å². The average Bonchev–Trinajstić information content (AvgIpc) is 2.73. The number of fused-ring (bicyclic) bond motifs is 1. The Bertz CT molecular complexity index is 947. The summed E-state index contributed by atoms with van der Waals surface area (Å²) >= 11 is 5.98. The molecule has 0 radical (unpaired) electrons. The minimum absolute atomic E-state index is 0.324. The fourth-order valence-electron chi connectivity index (χ4n) is 3.69. The summed E-state index contributed by atoms with van der Waals surface area (Å²) in [5.74, 6) is -0.109. The number of ether oxygens (including phenoxy) is 1. The molecular weight excluding hydrogens is 376 g/mol. The van der Waals surface area contributed by atoms with Crippen LogP contribution in [0.2, 0.25) is 5.02 Å². The highest BCUT2D eigenvalue weighted by Gasteiger charge is 2.36. The second-order valence-corrected chi connectivity index (χ2v) is 7.41. The first-order chi connectivity index (χ1) is 13.6. The van der Waals surface area contributed by atoms with E-state index in [1.165, 1.54) is 11.3 Å². The van der Waals surface area contributed by atoms with Crippen LogP contribution in [0.4, 0.5) is 5.69 Å². The number of halogens is 1. The van der Waals surface area contributed by atoms with Crippen LogP contribution < -0.4 is 9.64 Å². The van der Waals surface area contributed by atoms with Gasteiger partial charge in [0.1, 0.15) is 5.75 Å². The predicted molar refractivity (Wildman–Crippen MR) is 110 cm³/mol. The molecule has 1 fully saturated rings. The lowest BCUT2D eigenvalue weighted by atomic mass is 9.93. The summed E-state index contributed by atoms with van der Waals surface area (Å²) in [6.45, 7) is 1.83. The van der Waals surface area contributed by atoms with Crippen molar-refractivity contribution in [2.45, 2.75) is 19.3 Å². The van der Waals surface area contributed by atoms with Gasteiger partial charge in [0.2, 0.25) is 0 Å². The number of hydrogen-bond donors (Lipinski definition) is 0. The van der Waals surface area contributed by atoms with E-state index in [9.17, 15) is 9.59 Å². The minimum Gasteiger partial charge on any atom is -0.497 e. The summed E-state index contributed by atoms with van der Waals surface area (Å²) in [6, 6.07) is 12.0. The lowest BCUT2D eigenvalue weighted by Crippen LogP contribution is -2.42. The van der Waals surface area contributed by atoms with E-state index in [1.807, 2.05) is 6.20 Å². The number of imide groups is 1. The Hall–Kier alpha value is -2.79. The molecule has 0 atom stereocenters. The maximum absolute atomic E-state index is 13.4. The molecule has 2 aliphatic heterocycles. The Morgan fingerprint density at radius 1 is 0.929 bits per heavy atom. The van der Waals surface area contributed by atoms with Crippen molar-refractivity contribution >= 4 is 34.7 Å². The van der Waals surface area contributed by atoms with Crippen molar-refractivity contribution in [2.75, 3.05) is 25.1 Å². The van der Waals surface area contributed by atoms with E-state index < -0.39 is 0 Å². The highest BCUT2D eigenvalue weighted by Crippen LogP contribution is 2.35. The smallest absolute Gasteiger partial charge is 0.267 e. The first-order valence-electron chi connectivity index (χ1n) is 9.37. The monoisotopic (exact) mass is 396 g/mol. The highest BCUT2D eigenvalue weighted by molar-refractivity contribution is 6.41. The molecule has 2 aliphatic rings. The third-order valence-corrected chi connectivity index (χ3v) is 5.42. The normalized spacial score (nSPS) is 18.4. The molecule has 0 spiro atoms. The number of carbonyl (C=O) groups is 2. The summed E-state index contributed by atoms with van der Waals surface area (Å²) < 4.78 is 5.29. The van der Waals surface area contributed by atoms with E-state index in [1.54, 1.807) is 49.6 Å². The molecule has 0 saturated carbocycles. The maximum Gasteiger partial charge on any atom is 0.267 e. The standard InChI is InChI=1S/C22H21ClN2O3/c1-28-17-9-10-18-19(13-17)21(26)25(16-7-5-15(23)6-8-16)22(27)20(18)14-24-11-3-2-4-12-24/h5-10,13-14H,2-4,11-12H2,1H3. The van der Waals surface area contributed by atoms with Crippen molar-refractivity contribution in [2.24, 2.45) is 0 Å². The summed E-state index contributed by atoms with van der Waals surface area (Å²) in [7, 11) is 1.56. The van der Waals surface area contributed by atoms with Gasteiger partial charge in [0.15, 0.2) is 0 Å². The van der Waals surface area contributed by atoms with Gasteiger partial charge in [0.25, 0.3) is 11.8 Å². The predicted octanol–water partition coefficient (Wildman–Crippen LogP) is 4.36. The molecule has 2 aromatic rings. The van der Waals surface area contributed by atoms with Crippen LogP contribution in [0.25, 0.3) is 5.57 Å². The molecule has 6 heteroatoms. The Morgan fingerprint density at radius 3 is 2.32 bits per heavy atom. The van der Waals surface area contributed by atoms with Crippen LogP contribution in [0.3, 0.4) is 0 Å². The SMILES string of the molecule is COc1ccc2c(c1)C(=O)N(c1ccc(Cl)cc1)C(=O)C2=CN1CCCCC1. The van der Waals surface area contributed by atoms with Gasteiger partial charge in [-0.3, -0.25) is 9.59 Å². The zero-order chi connectivity index (χ0) is 19.7. The largest absolute Gasteiger partial charge is 0.497 e. The van der Waals surface area contributed by atoms with Gasteiger partial charge >= 0.3 is 0 Å². The first kappa shape index (κ1) is 18.6. The molecule has 0 aliphatic carbocycles. The molecule has 144 valence electrons. The van der Waals surface area contributed by atoms with Gasteiger partial charge in [-0.25, -0.2) is 4.90 Å². The lowest BCUT2D eigenvalue weighted by Gasteiger charge is -2.31. The number of anilines is 1. The fourth-order valence-corrected chi connectivity index (χ4v) is 3.82. The van der Waals surface area contributed by atoms with E-state index in [4.69, 9.17) is 16.3 Å². The van der Waals surface area contributed by atoms with Crippen molar-refractivity contribution in [3.8, 4) is 5.75 Å². The van der Waals surface area contributed by atoms with Gasteiger partial charge in [-0.15, -0.1) is 0 Å². The van der Waals surface area contributed by atoms with Crippen LogP contribution in [0.15, 0.2) is 48.7 Å². The molecular formula is C22H21ClN2O3. The Balaban J connectivity index is 1.84. The number of methoxy groups -OCH3 is 1. The van der Waals surface area contributed by atoms with Gasteiger partial charge < -0.3 is 9.64 Å². The van der Waals surface area contributed by atoms with E-state index in [2.05, 4.69) is 4.90 Å². The highest BCUT2D eigenvalue weighted by atomic mass is 35.5. The van der Waals surface area contributed by atoms with Gasteiger partial charge in [-0.1, -0.05) is 11.6 Å². The van der Waals surface area contributed by atoms with Crippen molar-refractivity contribution in [1.29, 1.82) is 0 Å². The van der Waals surface area contributed by atoms with Gasteiger partial charge in [0.05, 0.1) is 23.9 Å². The topological polar surface area (TPSA) is 49.9 Å². The van der Waals surface area contributed by atoms with Crippen LogP contribution in [-0.4, -0.2) is 36.9 Å². The molecule has 5 nitrogen and oxygen atoms in total. The minimum atomic E-state index is -0.364. The number of hydrogen-bond acceptors (Lipinski definition) is 4. The first-order valence-corrected chi connectivity index (χ1v) is 9.75. The number of carbonyl (C=O) groups excluding carboxylic acids is 2. The molecule has 0 unspecified atom stereocenters. The Labute approximate surface area is 169 Å². The zero-order valence-corrected chi connectivity index (χ0v) is 16.4. The molecule has 28 heavy (non-hydrogen) atoms. The molecule has 4 rings (SSSR count). The van der Waals surface area contributed by atoms with Crippen LogP contribution >= 0.6 is 11.6 Å². The lowest BCUT2D eigenvalue weighted by molar-refractivity contribution is -0.112. The number of amides is 2. The van der Waals surface area contributed by atoms with Crippen molar-refractivity contribution in [3.63, 3.8) is 0 Å². The Morgan fingerprint density at radius 2 is 1.64 bits per heavy atom. The fraction of sp³-hybridized carbons (Fsp3) is 0.273. The molecule has 2 aromatic carbocycles. The van der Waals surface area contributed by atoms with E-state index in [-0.39, 0.29) is 11.8 Å². The van der Waals surface area contributed by atoms with Gasteiger partial charge in [-0.05, 0) is 61.7 Å². The number of rotatable bonds is 3. The van der Waals surface area contributed by atoms with E-state index >= 15 is 0 Å². The molecule has 0 bridgehead atoms. The van der Waals surface area contributed by atoms with Crippen molar-refractivity contribution in [3.05, 3.63) is 64.8 Å². The number of piperidine rings is 1. The van der Waals surface area contributed by atoms with E-state index in [0.717, 1.165) is 25.9 Å². The molecule has 2 heterocycles. The van der Waals surface area contributed by atoms with Crippen molar-refractivity contribution in [1.82, 2.24) is 4.90 Å². The average molecular weight is 397 g/mol. The summed E-state index contributed by atoms with van der Waals surface area (Å²) in [6.07, 6.45) is 5.32. The van der Waals surface area contributed by atoms with Crippen LogP contribution in [-0.2, 0) is 4.79 Å². The third kappa shape index (κ3) is 3.38. The van der Waals surface area contributed by atoms with Crippen LogP contribution in [0, 0.1) is 0 Å². The number of likely N-dealkylation sites (tertiary alicyclic amines) is 1. The number of nitrogens with zero attached hydrogens (tertiary/aromatic N) is 2. The summed E-state index contributed by atoms with van der Waals surface area (Å²) in [5, 5.41) is 0.548. The van der Waals surface area contributed by atoms with Crippen LogP contribution in [0.5, 0.6) is 5.75 Å². The summed E-state index contributed by atoms with van der Waals surface area (Å²) in [5.41, 5.74) is 2.12. The third-order valence-electron chi connectivity index (χ3n) is 5.17. The van der Waals surface area contributed by atoms with Crippen LogP contribution in [0.1, 0.15) is 35.2 Å². The maximum atomic E-state index is 13.4. The molecule has 2 amide bonds. The van der Waals surface area contributed by atoms with Gasteiger partial charge in [0, 0.05) is 29.9 Å². The molecule has 0 aromatic heterocycles. The molecule has 1 saturated heterocycles. The Kier molecular flexibility index (Phi) is 5.09. The quantitative estimate of drug-likeness (QED) is 0.571. The second-order valence-electron chi connectivity index (χ2n) is 6.97. The number of benzene rings is 2.